The van der Waals surface area contributed by atoms with Gasteiger partial charge in [-0.15, -0.1) is 0 Å². The lowest BCUT2D eigenvalue weighted by Crippen LogP contribution is -2.31. The van der Waals surface area contributed by atoms with Gasteiger partial charge in [-0.25, -0.2) is 9.41 Å². The van der Waals surface area contributed by atoms with Gasteiger partial charge in [-0.1, -0.05) is 37.6 Å². The lowest BCUT2D eigenvalue weighted by Gasteiger charge is -2.09. The fourth-order valence-corrected chi connectivity index (χ4v) is 3.74. The number of hydrogen-bond donors (Lipinski definition) is 0. The summed E-state index contributed by atoms with van der Waals surface area (Å²) < 4.78 is 33.6. The van der Waals surface area contributed by atoms with Crippen LogP contribution in [0.3, 0.4) is 0 Å². The van der Waals surface area contributed by atoms with Crippen LogP contribution in [0.5, 0.6) is 0 Å². The van der Waals surface area contributed by atoms with Crippen molar-refractivity contribution < 1.29 is 13.1 Å². The minimum atomic E-state index is -1.57. The third kappa shape index (κ3) is 2.96. The van der Waals surface area contributed by atoms with Crippen LogP contribution in [0, 0.1) is 26.3 Å². The molecule has 3 nitrogen and oxygen atoms in total. The lowest BCUT2D eigenvalue weighted by atomic mass is 9.97. The zero-order valence-electron chi connectivity index (χ0n) is 19.8. The van der Waals surface area contributed by atoms with Crippen molar-refractivity contribution in [2.45, 2.75) is 34.1 Å². The molecule has 0 saturated heterocycles. The summed E-state index contributed by atoms with van der Waals surface area (Å²) in [5.41, 5.74) is 5.66. The molecule has 4 rings (SSSR count). The van der Waals surface area contributed by atoms with Gasteiger partial charge in [0.25, 0.3) is 0 Å². The number of fused-ring (bicyclic) bond motifs is 3. The van der Waals surface area contributed by atoms with Gasteiger partial charge in [-0.05, 0) is 43.3 Å². The average molecular weight is 373 g/mol. The number of aromatic nitrogens is 1. The topological polar surface area (TPSA) is 21.4 Å². The molecule has 0 aliphatic carbocycles. The Kier molecular flexibility index (Phi) is 3.61. The second-order valence-electron chi connectivity index (χ2n) is 7.63. The molecular weight excluding hydrogens is 344 g/mol. The molecule has 2 aromatic carbocycles. The number of pyridine rings is 1. The Morgan fingerprint density at radius 2 is 1.93 bits per heavy atom. The third-order valence-corrected chi connectivity index (χ3v) is 4.97. The smallest absolute Gasteiger partial charge is 0.229 e. The van der Waals surface area contributed by atoms with E-state index in [0.29, 0.717) is 22.4 Å². The highest BCUT2D eigenvalue weighted by atomic mass is 16.3. The van der Waals surface area contributed by atoms with Crippen molar-refractivity contribution in [2.75, 3.05) is 0 Å². The fourth-order valence-electron chi connectivity index (χ4n) is 3.74. The van der Waals surface area contributed by atoms with E-state index in [0.717, 1.165) is 33.2 Å². The van der Waals surface area contributed by atoms with Gasteiger partial charge >= 0.3 is 0 Å². The number of rotatable bonds is 3. The molecule has 0 unspecified atom stereocenters. The molecular formula is C25H25N2O+. The van der Waals surface area contributed by atoms with Crippen molar-refractivity contribution in [1.82, 2.24) is 0 Å². The molecule has 2 aromatic heterocycles. The lowest BCUT2D eigenvalue weighted by molar-refractivity contribution is -0.660. The van der Waals surface area contributed by atoms with E-state index < -0.39 is 6.37 Å². The maximum Gasteiger partial charge on any atom is 0.229 e. The number of nitrogens with zero attached hydrogens (tertiary/aromatic N) is 2. The van der Waals surface area contributed by atoms with Gasteiger partial charge in [-0.3, -0.25) is 0 Å². The second kappa shape index (κ2) is 6.80. The maximum atomic E-state index is 8.55. The Balaban J connectivity index is 2.12. The summed E-state index contributed by atoms with van der Waals surface area (Å²) in [5, 5.41) is 1.80. The van der Waals surface area contributed by atoms with E-state index >= 15 is 0 Å². The standard InChI is InChI=1S/C25H25N2O/c1-15(2)11-18-9-10-27(6)22(14-18)23-17(4)7-8-19-20-12-16(3)13-21(26-5)24(20)28-25(19)23/h7-10,12-15H,11H2,1-4,6H3/q+1/i10D,11D2. The molecule has 0 radical (unpaired) electrons. The monoisotopic (exact) mass is 372 g/mol. The summed E-state index contributed by atoms with van der Waals surface area (Å²) >= 11 is 0. The van der Waals surface area contributed by atoms with Crippen molar-refractivity contribution in [3.05, 3.63) is 70.7 Å². The summed E-state index contributed by atoms with van der Waals surface area (Å²) in [5.74, 6) is -0.236. The van der Waals surface area contributed by atoms with E-state index in [4.69, 9.17) is 15.1 Å². The minimum absolute atomic E-state index is 0.224. The SMILES string of the molecule is [2H]c1cc(C([2H])([2H])C(C)C)cc(-c2c(C)ccc3c2oc2c([N+]#[C-])cc(C)cc23)[n+]1C. The molecule has 0 aliphatic heterocycles. The summed E-state index contributed by atoms with van der Waals surface area (Å²) in [7, 11) is 1.81. The van der Waals surface area contributed by atoms with Crippen molar-refractivity contribution in [1.29, 1.82) is 0 Å². The predicted octanol–water partition coefficient (Wildman–Crippen LogP) is 6.44. The number of hydrogen-bond acceptors (Lipinski definition) is 1. The van der Waals surface area contributed by atoms with E-state index in [9.17, 15) is 0 Å². The van der Waals surface area contributed by atoms with Gasteiger partial charge in [0.1, 0.15) is 19.6 Å². The largest absolute Gasteiger partial charge is 0.466 e. The molecule has 0 bridgehead atoms. The van der Waals surface area contributed by atoms with Crippen LogP contribution in [0.4, 0.5) is 5.69 Å². The molecule has 3 heteroatoms. The summed E-state index contributed by atoms with van der Waals surface area (Å²) in [6.45, 7) is 15.2. The van der Waals surface area contributed by atoms with Crippen LogP contribution in [0.2, 0.25) is 0 Å². The predicted molar refractivity (Wildman–Crippen MR) is 115 cm³/mol. The van der Waals surface area contributed by atoms with Crippen LogP contribution in [0.15, 0.2) is 47.0 Å². The summed E-state index contributed by atoms with van der Waals surface area (Å²) in [6, 6.07) is 11.3. The quantitative estimate of drug-likeness (QED) is 0.299. The summed E-state index contributed by atoms with van der Waals surface area (Å²) in [4.78, 5) is 3.65. The van der Waals surface area contributed by atoms with E-state index in [-0.39, 0.29) is 12.1 Å². The van der Waals surface area contributed by atoms with Gasteiger partial charge in [0.15, 0.2) is 6.17 Å². The normalized spacial score (nSPS) is 13.5. The van der Waals surface area contributed by atoms with Crippen molar-refractivity contribution in [2.24, 2.45) is 13.0 Å². The highest BCUT2D eigenvalue weighted by Gasteiger charge is 2.22. The highest BCUT2D eigenvalue weighted by Crippen LogP contribution is 2.40. The average Bonchev–Trinajstić information content (AvgIpc) is 3.07. The Hall–Kier alpha value is -3.12. The molecule has 0 N–H and O–H groups in total. The third-order valence-electron chi connectivity index (χ3n) is 4.97. The molecule has 0 amide bonds. The van der Waals surface area contributed by atoms with Crippen molar-refractivity contribution >= 4 is 27.6 Å². The molecule has 0 spiro atoms. The van der Waals surface area contributed by atoms with Gasteiger partial charge in [0, 0.05) is 25.6 Å². The Labute approximate surface area is 170 Å². The van der Waals surface area contributed by atoms with Gasteiger partial charge in [0.05, 0.1) is 12.1 Å². The maximum absolute atomic E-state index is 8.55. The Bertz CT molecular complexity index is 1390. The summed E-state index contributed by atoms with van der Waals surface area (Å²) in [6.07, 6.45) is -1.34. The Morgan fingerprint density at radius 3 is 2.64 bits per heavy atom. The van der Waals surface area contributed by atoms with E-state index in [2.05, 4.69) is 4.85 Å². The first-order valence-corrected chi connectivity index (χ1v) is 9.41. The van der Waals surface area contributed by atoms with Crippen LogP contribution in [0.25, 0.3) is 38.0 Å². The molecule has 0 fully saturated rings. The van der Waals surface area contributed by atoms with Crippen molar-refractivity contribution in [3.8, 4) is 11.3 Å². The highest BCUT2D eigenvalue weighted by molar-refractivity contribution is 6.13. The zero-order chi connectivity index (χ0) is 22.7. The fraction of sp³-hybridized carbons (Fsp3) is 0.280. The first kappa shape index (κ1) is 14.9. The molecule has 140 valence electrons. The van der Waals surface area contributed by atoms with Crippen molar-refractivity contribution in [3.63, 3.8) is 0 Å². The Morgan fingerprint density at radius 1 is 1.14 bits per heavy atom. The van der Waals surface area contributed by atoms with Crippen LogP contribution < -0.4 is 4.57 Å². The van der Waals surface area contributed by atoms with E-state index in [1.807, 2.05) is 65.1 Å². The molecule has 0 atom stereocenters. The van der Waals surface area contributed by atoms with E-state index in [1.165, 1.54) is 0 Å². The molecule has 0 aliphatic rings. The van der Waals surface area contributed by atoms with Crippen LogP contribution in [-0.2, 0) is 13.4 Å². The second-order valence-corrected chi connectivity index (χ2v) is 7.63. The number of benzene rings is 2. The molecule has 4 aromatic rings. The van der Waals surface area contributed by atoms with Crippen LogP contribution in [-0.4, -0.2) is 0 Å². The van der Waals surface area contributed by atoms with Gasteiger partial charge in [-0.2, -0.15) is 0 Å². The van der Waals surface area contributed by atoms with Gasteiger partial charge in [0.2, 0.25) is 11.4 Å². The van der Waals surface area contributed by atoms with Crippen LogP contribution in [0.1, 0.15) is 34.7 Å². The first-order valence-electron chi connectivity index (χ1n) is 10.9. The first-order chi connectivity index (χ1) is 14.6. The van der Waals surface area contributed by atoms with E-state index in [1.54, 1.807) is 10.6 Å². The van der Waals surface area contributed by atoms with Crippen LogP contribution >= 0.6 is 0 Å². The van der Waals surface area contributed by atoms with Gasteiger partial charge < -0.3 is 4.42 Å². The molecule has 28 heavy (non-hydrogen) atoms. The molecule has 0 saturated carbocycles. The zero-order valence-corrected chi connectivity index (χ0v) is 16.8. The number of furan rings is 1. The number of aryl methyl sites for hydroxylation is 2. The molecule has 2 heterocycles. The minimum Gasteiger partial charge on any atom is -0.466 e.